The summed E-state index contributed by atoms with van der Waals surface area (Å²) in [5.74, 6) is 0.386. The number of benzene rings is 2. The molecule has 0 heterocycles. The van der Waals surface area contributed by atoms with Crippen LogP contribution in [0, 0.1) is 6.92 Å². The lowest BCUT2D eigenvalue weighted by atomic mass is 9.89. The summed E-state index contributed by atoms with van der Waals surface area (Å²) < 4.78 is 0. The van der Waals surface area contributed by atoms with E-state index < -0.39 is 6.10 Å². The van der Waals surface area contributed by atoms with Crippen LogP contribution in [-0.4, -0.2) is 10.2 Å². The highest BCUT2D eigenvalue weighted by Gasteiger charge is 2.16. The van der Waals surface area contributed by atoms with Crippen molar-refractivity contribution >= 4 is 11.6 Å². The zero-order chi connectivity index (χ0) is 14.5. The minimum atomic E-state index is -0.575. The fraction of sp³-hybridized carbons (Fsp3) is 0.235. The summed E-state index contributed by atoms with van der Waals surface area (Å²) in [4.78, 5) is 0. The van der Waals surface area contributed by atoms with E-state index >= 15 is 0 Å². The lowest BCUT2D eigenvalue weighted by Crippen LogP contribution is -2.05. The van der Waals surface area contributed by atoms with Crippen LogP contribution in [0.25, 0.3) is 0 Å². The van der Waals surface area contributed by atoms with Crippen LogP contribution in [0.5, 0.6) is 5.75 Å². The molecular formula is C17H18ClO2. The molecule has 105 valence electrons. The fourth-order valence-corrected chi connectivity index (χ4v) is 2.49. The first-order valence-corrected chi connectivity index (χ1v) is 6.99. The van der Waals surface area contributed by atoms with Gasteiger partial charge in [0.05, 0.1) is 6.10 Å². The van der Waals surface area contributed by atoms with Crippen LogP contribution < -0.4 is 0 Å². The SMILES string of the molecule is [CH2]CC(C[C@@H](O)c1cccc(Cl)c1)c1ccc(O)cc1. The number of hydrogen-bond donors (Lipinski definition) is 2. The maximum absolute atomic E-state index is 10.3. The first-order valence-electron chi connectivity index (χ1n) is 6.62. The Morgan fingerprint density at radius 3 is 2.35 bits per heavy atom. The van der Waals surface area contributed by atoms with Gasteiger partial charge in [-0.05, 0) is 54.2 Å². The second-order valence-corrected chi connectivity index (χ2v) is 5.32. The Balaban J connectivity index is 2.11. The first-order chi connectivity index (χ1) is 9.60. The molecule has 0 saturated heterocycles. The molecule has 0 amide bonds. The molecule has 3 heteroatoms. The van der Waals surface area contributed by atoms with Gasteiger partial charge in [-0.25, -0.2) is 0 Å². The van der Waals surface area contributed by atoms with Crippen LogP contribution >= 0.6 is 11.6 Å². The molecule has 0 saturated carbocycles. The van der Waals surface area contributed by atoms with Gasteiger partial charge in [0.2, 0.25) is 0 Å². The van der Waals surface area contributed by atoms with Gasteiger partial charge in [-0.3, -0.25) is 0 Å². The van der Waals surface area contributed by atoms with Crippen molar-refractivity contribution in [2.24, 2.45) is 0 Å². The van der Waals surface area contributed by atoms with E-state index in [2.05, 4.69) is 6.92 Å². The van der Waals surface area contributed by atoms with Crippen LogP contribution in [-0.2, 0) is 0 Å². The Morgan fingerprint density at radius 1 is 1.05 bits per heavy atom. The van der Waals surface area contributed by atoms with Crippen LogP contribution in [0.1, 0.15) is 36.0 Å². The minimum absolute atomic E-state index is 0.143. The smallest absolute Gasteiger partial charge is 0.115 e. The predicted octanol–water partition coefficient (Wildman–Crippen LogP) is 4.48. The van der Waals surface area contributed by atoms with Crippen molar-refractivity contribution < 1.29 is 10.2 Å². The highest BCUT2D eigenvalue weighted by molar-refractivity contribution is 6.30. The molecule has 2 aromatic rings. The molecule has 0 fully saturated rings. The topological polar surface area (TPSA) is 40.5 Å². The van der Waals surface area contributed by atoms with E-state index in [4.69, 9.17) is 11.6 Å². The number of hydrogen-bond acceptors (Lipinski definition) is 2. The van der Waals surface area contributed by atoms with Crippen molar-refractivity contribution in [1.82, 2.24) is 0 Å². The Morgan fingerprint density at radius 2 is 1.75 bits per heavy atom. The molecule has 2 rings (SSSR count). The quantitative estimate of drug-likeness (QED) is 0.852. The van der Waals surface area contributed by atoms with E-state index in [1.54, 1.807) is 24.3 Å². The number of aliphatic hydroxyl groups excluding tert-OH is 1. The average Bonchev–Trinajstić information content (AvgIpc) is 2.45. The number of phenolic OH excluding ortho intramolecular Hbond substituents is 1. The van der Waals surface area contributed by atoms with Crippen LogP contribution in [0.3, 0.4) is 0 Å². The van der Waals surface area contributed by atoms with E-state index in [1.807, 2.05) is 24.3 Å². The Bertz CT molecular complexity index is 551. The third-order valence-electron chi connectivity index (χ3n) is 3.45. The Labute approximate surface area is 124 Å². The van der Waals surface area contributed by atoms with Crippen molar-refractivity contribution in [3.05, 3.63) is 71.6 Å². The fourth-order valence-electron chi connectivity index (χ4n) is 2.29. The zero-order valence-electron chi connectivity index (χ0n) is 11.2. The van der Waals surface area contributed by atoms with Crippen molar-refractivity contribution in [3.63, 3.8) is 0 Å². The highest BCUT2D eigenvalue weighted by atomic mass is 35.5. The normalized spacial score (nSPS) is 13.9. The van der Waals surface area contributed by atoms with Crippen molar-refractivity contribution in [1.29, 1.82) is 0 Å². The van der Waals surface area contributed by atoms with Crippen LogP contribution in [0.4, 0.5) is 0 Å². The summed E-state index contributed by atoms with van der Waals surface area (Å²) >= 11 is 5.94. The molecule has 2 N–H and O–H groups in total. The number of rotatable bonds is 5. The Hall–Kier alpha value is -1.51. The second-order valence-electron chi connectivity index (χ2n) is 4.88. The van der Waals surface area contributed by atoms with Gasteiger partial charge in [0.15, 0.2) is 0 Å². The summed E-state index contributed by atoms with van der Waals surface area (Å²) in [6.07, 6.45) is 0.686. The van der Waals surface area contributed by atoms with Gasteiger partial charge in [-0.2, -0.15) is 0 Å². The van der Waals surface area contributed by atoms with E-state index in [0.29, 0.717) is 17.9 Å². The van der Waals surface area contributed by atoms with E-state index in [-0.39, 0.29) is 11.7 Å². The van der Waals surface area contributed by atoms with Crippen molar-refractivity contribution in [2.75, 3.05) is 0 Å². The number of aliphatic hydroxyl groups is 1. The molecular weight excluding hydrogens is 272 g/mol. The molecule has 0 aromatic heterocycles. The van der Waals surface area contributed by atoms with Gasteiger partial charge in [0.25, 0.3) is 0 Å². The third kappa shape index (κ3) is 3.75. The molecule has 0 aliphatic rings. The van der Waals surface area contributed by atoms with E-state index in [1.165, 1.54) is 0 Å². The lowest BCUT2D eigenvalue weighted by molar-refractivity contribution is 0.157. The summed E-state index contributed by atoms with van der Waals surface area (Å²) in [5, 5.41) is 20.3. The van der Waals surface area contributed by atoms with Gasteiger partial charge in [-0.15, -0.1) is 0 Å². The monoisotopic (exact) mass is 289 g/mol. The lowest BCUT2D eigenvalue weighted by Gasteiger charge is -2.20. The molecule has 0 aliphatic carbocycles. The molecule has 2 aromatic carbocycles. The standard InChI is InChI=1S/C17H18ClO2/c1-2-12(13-6-8-16(19)9-7-13)11-17(20)14-4-3-5-15(18)10-14/h3-10,12,17,19-20H,1-2,11H2/t12?,17-/m1/s1. The molecule has 0 spiro atoms. The molecule has 2 nitrogen and oxygen atoms in total. The molecule has 0 aliphatic heterocycles. The summed E-state index contributed by atoms with van der Waals surface area (Å²) in [7, 11) is 0. The Kier molecular flexibility index (Phi) is 5.05. The largest absolute Gasteiger partial charge is 0.508 e. The molecule has 1 unspecified atom stereocenters. The van der Waals surface area contributed by atoms with E-state index in [0.717, 1.165) is 11.1 Å². The van der Waals surface area contributed by atoms with Gasteiger partial charge in [-0.1, -0.05) is 42.8 Å². The van der Waals surface area contributed by atoms with Gasteiger partial charge >= 0.3 is 0 Å². The van der Waals surface area contributed by atoms with Gasteiger partial charge in [0.1, 0.15) is 5.75 Å². The third-order valence-corrected chi connectivity index (χ3v) is 3.69. The second kappa shape index (κ2) is 6.78. The first kappa shape index (κ1) is 14.9. The average molecular weight is 290 g/mol. The van der Waals surface area contributed by atoms with Gasteiger partial charge in [0, 0.05) is 5.02 Å². The van der Waals surface area contributed by atoms with Crippen LogP contribution in [0.2, 0.25) is 5.02 Å². The number of aromatic hydroxyl groups is 1. The maximum Gasteiger partial charge on any atom is 0.115 e. The molecule has 0 bridgehead atoms. The summed E-state index contributed by atoms with van der Waals surface area (Å²) in [6.45, 7) is 3.95. The molecule has 20 heavy (non-hydrogen) atoms. The maximum atomic E-state index is 10.3. The van der Waals surface area contributed by atoms with E-state index in [9.17, 15) is 10.2 Å². The number of phenols is 1. The van der Waals surface area contributed by atoms with Crippen molar-refractivity contribution in [2.45, 2.75) is 24.9 Å². The summed E-state index contributed by atoms with van der Waals surface area (Å²) in [6, 6.07) is 14.3. The minimum Gasteiger partial charge on any atom is -0.508 e. The highest BCUT2D eigenvalue weighted by Crippen LogP contribution is 2.32. The van der Waals surface area contributed by atoms with Crippen LogP contribution in [0.15, 0.2) is 48.5 Å². The number of halogens is 1. The molecule has 2 atom stereocenters. The predicted molar refractivity (Wildman–Crippen MR) is 81.9 cm³/mol. The van der Waals surface area contributed by atoms with Crippen molar-refractivity contribution in [3.8, 4) is 5.75 Å². The molecule has 1 radical (unpaired) electrons. The summed E-state index contributed by atoms with van der Waals surface area (Å²) in [5.41, 5.74) is 1.88. The van der Waals surface area contributed by atoms with Gasteiger partial charge < -0.3 is 10.2 Å². The zero-order valence-corrected chi connectivity index (χ0v) is 11.9.